The van der Waals surface area contributed by atoms with Crippen LogP contribution in [0.4, 0.5) is 0 Å². The van der Waals surface area contributed by atoms with Gasteiger partial charge in [-0.15, -0.1) is 0 Å². The number of nitrogens with one attached hydrogen (secondary N) is 1. The molecule has 2 radical (unpaired) electrons. The normalized spacial score (nSPS) is 10.6. The van der Waals surface area contributed by atoms with Crippen LogP contribution in [0.3, 0.4) is 0 Å². The highest BCUT2D eigenvalue weighted by Crippen LogP contribution is 2.13. The van der Waals surface area contributed by atoms with Gasteiger partial charge in [-0.2, -0.15) is 0 Å². The second-order valence-electron chi connectivity index (χ2n) is 2.74. The van der Waals surface area contributed by atoms with E-state index in [2.05, 4.69) is 11.9 Å². The maximum absolute atomic E-state index is 5.78. The molecular formula is C9H8BN. The fourth-order valence-electron chi connectivity index (χ4n) is 1.39. The predicted octanol–water partition coefficient (Wildman–Crippen LogP) is 1.27. The molecule has 1 nitrogen and oxygen atoms in total. The summed E-state index contributed by atoms with van der Waals surface area (Å²) in [6.07, 6.45) is 1.97. The van der Waals surface area contributed by atoms with Crippen molar-refractivity contribution in [3.63, 3.8) is 0 Å². The number of hydrogen-bond acceptors (Lipinski definition) is 0. The van der Waals surface area contributed by atoms with Gasteiger partial charge in [0.05, 0.1) is 0 Å². The van der Waals surface area contributed by atoms with Gasteiger partial charge in [-0.25, -0.2) is 0 Å². The summed E-state index contributed by atoms with van der Waals surface area (Å²) in [5, 5.41) is 1.15. The molecule has 0 aliphatic rings. The lowest BCUT2D eigenvalue weighted by atomic mass is 9.91. The van der Waals surface area contributed by atoms with Gasteiger partial charge in [-0.1, -0.05) is 17.6 Å². The Morgan fingerprint density at radius 1 is 1.36 bits per heavy atom. The standard InChI is InChI=1S/C9H8BN/c1-6-5-11-8-4-2-3-7(10)9(6)8/h2-5,11H,1H3. The Bertz CT molecular complexity index is 389. The first kappa shape index (κ1) is 6.53. The van der Waals surface area contributed by atoms with E-state index in [0.29, 0.717) is 0 Å². The molecule has 2 heteroatoms. The number of H-pyrrole nitrogens is 1. The van der Waals surface area contributed by atoms with Crippen molar-refractivity contribution in [2.45, 2.75) is 6.92 Å². The van der Waals surface area contributed by atoms with Crippen molar-refractivity contribution in [2.24, 2.45) is 0 Å². The number of hydrogen-bond donors (Lipinski definition) is 1. The van der Waals surface area contributed by atoms with E-state index < -0.39 is 0 Å². The van der Waals surface area contributed by atoms with E-state index in [1.54, 1.807) is 0 Å². The quantitative estimate of drug-likeness (QED) is 0.531. The summed E-state index contributed by atoms with van der Waals surface area (Å²) in [4.78, 5) is 3.15. The van der Waals surface area contributed by atoms with Gasteiger partial charge in [0.15, 0.2) is 0 Å². The van der Waals surface area contributed by atoms with Gasteiger partial charge in [0.1, 0.15) is 7.85 Å². The number of benzene rings is 1. The summed E-state index contributed by atoms with van der Waals surface area (Å²) in [6.45, 7) is 2.05. The lowest BCUT2D eigenvalue weighted by molar-refractivity contribution is 1.43. The SMILES string of the molecule is [B]c1cccc2[nH]cc(C)c12. The molecule has 0 bridgehead atoms. The smallest absolute Gasteiger partial charge is 0.114 e. The molecule has 1 N–H and O–H groups in total. The van der Waals surface area contributed by atoms with E-state index in [1.165, 1.54) is 5.56 Å². The summed E-state index contributed by atoms with van der Waals surface area (Å²) in [5.41, 5.74) is 3.17. The van der Waals surface area contributed by atoms with Crippen LogP contribution in [0, 0.1) is 6.92 Å². The third kappa shape index (κ3) is 0.863. The zero-order chi connectivity index (χ0) is 7.84. The lowest BCUT2D eigenvalue weighted by Crippen LogP contribution is -2.02. The molecule has 2 rings (SSSR count). The fourth-order valence-corrected chi connectivity index (χ4v) is 1.39. The second-order valence-corrected chi connectivity index (χ2v) is 2.74. The summed E-state index contributed by atoms with van der Waals surface area (Å²) in [5.74, 6) is 0. The number of fused-ring (bicyclic) bond motifs is 1. The molecule has 2 aromatic rings. The van der Waals surface area contributed by atoms with Crippen molar-refractivity contribution in [3.05, 3.63) is 30.0 Å². The van der Waals surface area contributed by atoms with E-state index in [4.69, 9.17) is 7.85 Å². The van der Waals surface area contributed by atoms with Gasteiger partial charge in [-0.3, -0.25) is 0 Å². The maximum atomic E-state index is 5.78. The third-order valence-electron chi connectivity index (χ3n) is 1.94. The highest BCUT2D eigenvalue weighted by molar-refractivity contribution is 6.39. The highest BCUT2D eigenvalue weighted by Gasteiger charge is 1.99. The summed E-state index contributed by atoms with van der Waals surface area (Å²) < 4.78 is 0. The van der Waals surface area contributed by atoms with Crippen LogP contribution in [-0.4, -0.2) is 12.8 Å². The van der Waals surface area contributed by atoms with E-state index in [1.807, 2.05) is 24.4 Å². The topological polar surface area (TPSA) is 15.8 Å². The zero-order valence-corrected chi connectivity index (χ0v) is 6.39. The Kier molecular flexibility index (Phi) is 1.28. The van der Waals surface area contributed by atoms with Crippen molar-refractivity contribution in [1.82, 2.24) is 4.98 Å². The molecule has 0 saturated heterocycles. The van der Waals surface area contributed by atoms with Crippen LogP contribution in [0.5, 0.6) is 0 Å². The summed E-state index contributed by atoms with van der Waals surface area (Å²) in [6, 6.07) is 5.90. The Morgan fingerprint density at radius 3 is 2.91 bits per heavy atom. The minimum atomic E-state index is 0.848. The second kappa shape index (κ2) is 2.16. The molecule has 1 aromatic carbocycles. The van der Waals surface area contributed by atoms with Crippen LogP contribution in [0.15, 0.2) is 24.4 Å². The van der Waals surface area contributed by atoms with Crippen LogP contribution < -0.4 is 5.46 Å². The Hall–Kier alpha value is -1.18. The molecule has 1 aromatic heterocycles. The van der Waals surface area contributed by atoms with E-state index in [9.17, 15) is 0 Å². The van der Waals surface area contributed by atoms with E-state index in [-0.39, 0.29) is 0 Å². The molecule has 1 heterocycles. The Morgan fingerprint density at radius 2 is 2.18 bits per heavy atom. The summed E-state index contributed by atoms with van der Waals surface area (Å²) in [7, 11) is 5.78. The lowest BCUT2D eigenvalue weighted by Gasteiger charge is -1.95. The predicted molar refractivity (Wildman–Crippen MR) is 48.4 cm³/mol. The van der Waals surface area contributed by atoms with Crippen molar-refractivity contribution in [3.8, 4) is 0 Å². The van der Waals surface area contributed by atoms with Gasteiger partial charge in [0.2, 0.25) is 0 Å². The zero-order valence-electron chi connectivity index (χ0n) is 6.39. The minimum absolute atomic E-state index is 0.848. The number of rotatable bonds is 0. The molecule has 0 unspecified atom stereocenters. The summed E-state index contributed by atoms with van der Waals surface area (Å²) >= 11 is 0. The van der Waals surface area contributed by atoms with Gasteiger partial charge in [0.25, 0.3) is 0 Å². The average molecular weight is 141 g/mol. The minimum Gasteiger partial charge on any atom is -0.361 e. The van der Waals surface area contributed by atoms with Crippen LogP contribution >= 0.6 is 0 Å². The average Bonchev–Trinajstić information content (AvgIpc) is 2.34. The van der Waals surface area contributed by atoms with Crippen LogP contribution in [-0.2, 0) is 0 Å². The van der Waals surface area contributed by atoms with Crippen molar-refractivity contribution in [1.29, 1.82) is 0 Å². The first-order chi connectivity index (χ1) is 5.29. The molecule has 0 saturated carbocycles. The fraction of sp³-hybridized carbons (Fsp3) is 0.111. The number of aromatic nitrogens is 1. The maximum Gasteiger partial charge on any atom is 0.114 e. The largest absolute Gasteiger partial charge is 0.361 e. The monoisotopic (exact) mass is 141 g/mol. The number of aryl methyl sites for hydroxylation is 1. The molecule has 11 heavy (non-hydrogen) atoms. The Balaban J connectivity index is 2.96. The molecule has 0 aliphatic carbocycles. The highest BCUT2D eigenvalue weighted by atomic mass is 14.7. The van der Waals surface area contributed by atoms with Crippen LogP contribution in [0.1, 0.15) is 5.56 Å². The van der Waals surface area contributed by atoms with E-state index >= 15 is 0 Å². The van der Waals surface area contributed by atoms with Crippen molar-refractivity contribution in [2.75, 3.05) is 0 Å². The molecular weight excluding hydrogens is 133 g/mol. The molecule has 52 valence electrons. The van der Waals surface area contributed by atoms with Crippen LogP contribution in [0.2, 0.25) is 0 Å². The van der Waals surface area contributed by atoms with Gasteiger partial charge in [0, 0.05) is 11.7 Å². The van der Waals surface area contributed by atoms with E-state index in [0.717, 1.165) is 16.4 Å². The number of aromatic amines is 1. The third-order valence-corrected chi connectivity index (χ3v) is 1.94. The van der Waals surface area contributed by atoms with Crippen molar-refractivity contribution < 1.29 is 0 Å². The Labute approximate surface area is 66.8 Å². The first-order valence-corrected chi connectivity index (χ1v) is 3.61. The van der Waals surface area contributed by atoms with Gasteiger partial charge < -0.3 is 4.98 Å². The molecule has 0 spiro atoms. The molecule has 0 amide bonds. The molecule has 0 atom stereocenters. The van der Waals surface area contributed by atoms with Crippen molar-refractivity contribution >= 4 is 24.2 Å². The molecule has 0 fully saturated rings. The van der Waals surface area contributed by atoms with Crippen LogP contribution in [0.25, 0.3) is 10.9 Å². The van der Waals surface area contributed by atoms with Gasteiger partial charge >= 0.3 is 0 Å². The first-order valence-electron chi connectivity index (χ1n) is 3.61. The van der Waals surface area contributed by atoms with Gasteiger partial charge in [-0.05, 0) is 23.9 Å². The molecule has 0 aliphatic heterocycles.